The lowest BCUT2D eigenvalue weighted by molar-refractivity contribution is -0.870. The van der Waals surface area contributed by atoms with Crippen LogP contribution in [0.25, 0.3) is 0 Å². The van der Waals surface area contributed by atoms with Gasteiger partial charge >= 0.3 is 0 Å². The van der Waals surface area contributed by atoms with Gasteiger partial charge in [0.25, 0.3) is 0 Å². The first kappa shape index (κ1) is 13.6. The molecule has 0 aromatic rings. The van der Waals surface area contributed by atoms with Crippen molar-refractivity contribution in [2.45, 2.75) is 44.1 Å². The van der Waals surface area contributed by atoms with E-state index in [0.717, 1.165) is 23.7 Å². The molecule has 1 saturated carbocycles. The molecule has 1 aliphatic rings. The predicted octanol–water partition coefficient (Wildman–Crippen LogP) is 3.40. The van der Waals surface area contributed by atoms with E-state index < -0.39 is 0 Å². The summed E-state index contributed by atoms with van der Waals surface area (Å²) in [6, 6.07) is 0. The number of hydrogen-bond acceptors (Lipinski definition) is 1. The maximum Gasteiger partial charge on any atom is 0.0781 e. The van der Waals surface area contributed by atoms with Gasteiger partial charge in [0.1, 0.15) is 0 Å². The number of hydrogen-bond donors (Lipinski definition) is 0. The average molecular weight is 254 g/mol. The topological polar surface area (TPSA) is 3.24 Å². The second-order valence-corrected chi connectivity index (χ2v) is 6.63. The predicted molar refractivity (Wildman–Crippen MR) is 66.9 cm³/mol. The number of nitrogens with zero attached hydrogens (tertiary/aromatic N) is 2. The summed E-state index contributed by atoms with van der Waals surface area (Å²) < 4.78 is 2.44. The van der Waals surface area contributed by atoms with Crippen molar-refractivity contribution >= 4 is 23.6 Å². The molecule has 0 bridgehead atoms. The van der Waals surface area contributed by atoms with Crippen molar-refractivity contribution in [2.24, 2.45) is 0 Å². The van der Waals surface area contributed by atoms with E-state index in [0.29, 0.717) is 0 Å². The highest BCUT2D eigenvalue weighted by Crippen LogP contribution is 2.41. The van der Waals surface area contributed by atoms with E-state index in [-0.39, 0.29) is 5.54 Å². The van der Waals surface area contributed by atoms with Crippen LogP contribution in [0.15, 0.2) is 0 Å². The molecule has 0 aliphatic heterocycles. The molecule has 0 radical (unpaired) electrons. The molecular weight excluding hydrogens is 231 g/mol. The van der Waals surface area contributed by atoms with Crippen LogP contribution < -0.4 is 0 Å². The van der Waals surface area contributed by atoms with Crippen LogP contribution in [0.3, 0.4) is 0 Å². The van der Waals surface area contributed by atoms with E-state index in [1.54, 1.807) is 0 Å². The van der Waals surface area contributed by atoms with E-state index >= 15 is 0 Å². The Morgan fingerprint density at radius 2 is 1.67 bits per heavy atom. The second kappa shape index (κ2) is 5.22. The van der Waals surface area contributed by atoms with Crippen molar-refractivity contribution < 1.29 is 4.48 Å². The van der Waals surface area contributed by atoms with Gasteiger partial charge in [0.05, 0.1) is 33.2 Å². The normalized spacial score (nSPS) is 21.2. The van der Waals surface area contributed by atoms with Gasteiger partial charge in [-0.15, -0.1) is 3.94 Å². The van der Waals surface area contributed by atoms with Crippen molar-refractivity contribution in [1.29, 1.82) is 0 Å². The molecule has 1 aliphatic carbocycles. The smallest absolute Gasteiger partial charge is 0.0781 e. The molecule has 0 spiro atoms. The number of quaternary nitrogens is 1. The van der Waals surface area contributed by atoms with Crippen LogP contribution in [0.1, 0.15) is 38.5 Å². The summed E-state index contributed by atoms with van der Waals surface area (Å²) in [7, 11) is 6.67. The molecule has 0 amide bonds. The molecule has 90 valence electrons. The van der Waals surface area contributed by atoms with Gasteiger partial charge in [0.2, 0.25) is 0 Å². The highest BCUT2D eigenvalue weighted by Gasteiger charge is 2.38. The molecule has 15 heavy (non-hydrogen) atoms. The van der Waals surface area contributed by atoms with Crippen LogP contribution in [0, 0.1) is 0 Å². The zero-order valence-corrected chi connectivity index (χ0v) is 11.6. The van der Waals surface area contributed by atoms with Crippen LogP contribution in [-0.2, 0) is 0 Å². The Morgan fingerprint density at radius 1 is 1.13 bits per heavy atom. The van der Waals surface area contributed by atoms with Crippen molar-refractivity contribution in [1.82, 2.24) is 3.94 Å². The molecule has 1 rings (SSSR count). The highest BCUT2D eigenvalue weighted by molar-refractivity contribution is 6.34. The molecule has 1 fully saturated rings. The molecule has 0 saturated heterocycles. The fourth-order valence-corrected chi connectivity index (χ4v) is 2.93. The molecule has 0 unspecified atom stereocenters. The van der Waals surface area contributed by atoms with Gasteiger partial charge in [-0.3, -0.25) is 0 Å². The van der Waals surface area contributed by atoms with Crippen LogP contribution >= 0.6 is 23.6 Å². The van der Waals surface area contributed by atoms with Crippen LogP contribution in [0.2, 0.25) is 0 Å². The van der Waals surface area contributed by atoms with Crippen molar-refractivity contribution in [3.63, 3.8) is 0 Å². The van der Waals surface area contributed by atoms with Crippen molar-refractivity contribution in [3.05, 3.63) is 0 Å². The zero-order chi connectivity index (χ0) is 11.5. The Bertz CT molecular complexity index is 193. The van der Waals surface area contributed by atoms with Gasteiger partial charge in [0.15, 0.2) is 0 Å². The zero-order valence-electron chi connectivity index (χ0n) is 10.1. The molecule has 0 aromatic heterocycles. The first-order valence-corrected chi connectivity index (χ1v) is 6.46. The van der Waals surface area contributed by atoms with Gasteiger partial charge < -0.3 is 4.48 Å². The summed E-state index contributed by atoms with van der Waals surface area (Å²) in [6.45, 7) is 1.18. The van der Waals surface area contributed by atoms with Gasteiger partial charge in [-0.2, -0.15) is 0 Å². The number of rotatable bonds is 5. The van der Waals surface area contributed by atoms with Crippen molar-refractivity contribution in [3.8, 4) is 0 Å². The summed E-state index contributed by atoms with van der Waals surface area (Å²) in [5.74, 6) is 0. The molecule has 4 heteroatoms. The standard InChI is InChI=1S/C11H23Cl2N2/c1-15(2,3)10-6-9-11(14(12)13)7-4-5-8-11/h4-10H2,1-3H3/q+1. The maximum absolute atomic E-state index is 5.98. The van der Waals surface area contributed by atoms with Gasteiger partial charge in [-0.1, -0.05) is 12.8 Å². The van der Waals surface area contributed by atoms with Gasteiger partial charge in [0, 0.05) is 0 Å². The first-order valence-electron chi connectivity index (χ1n) is 5.78. The Kier molecular flexibility index (Phi) is 4.72. The Hall–Kier alpha value is 0.500. The van der Waals surface area contributed by atoms with Crippen LogP contribution in [-0.4, -0.2) is 41.6 Å². The van der Waals surface area contributed by atoms with E-state index in [1.807, 2.05) is 0 Å². The van der Waals surface area contributed by atoms with E-state index in [1.165, 1.54) is 29.7 Å². The van der Waals surface area contributed by atoms with E-state index in [9.17, 15) is 0 Å². The minimum atomic E-state index is 0.0677. The third kappa shape index (κ3) is 4.10. The van der Waals surface area contributed by atoms with Crippen LogP contribution in [0.4, 0.5) is 0 Å². The molecule has 0 heterocycles. The van der Waals surface area contributed by atoms with Gasteiger partial charge in [-0.05, 0) is 49.2 Å². The Morgan fingerprint density at radius 3 is 2.07 bits per heavy atom. The van der Waals surface area contributed by atoms with Crippen LogP contribution in [0.5, 0.6) is 0 Å². The minimum Gasteiger partial charge on any atom is -0.331 e. The Balaban J connectivity index is 2.40. The SMILES string of the molecule is C[N+](C)(C)CCCC1(N(Cl)Cl)CCCC1. The Labute approximate surface area is 104 Å². The lowest BCUT2D eigenvalue weighted by Gasteiger charge is -2.33. The molecule has 2 nitrogen and oxygen atoms in total. The van der Waals surface area contributed by atoms with E-state index in [2.05, 4.69) is 21.1 Å². The second-order valence-electron chi connectivity index (χ2n) is 5.78. The first-order chi connectivity index (χ1) is 6.86. The quantitative estimate of drug-likeness (QED) is 0.537. The molecule has 0 aromatic carbocycles. The van der Waals surface area contributed by atoms with Crippen molar-refractivity contribution in [2.75, 3.05) is 27.7 Å². The summed E-state index contributed by atoms with van der Waals surface area (Å²) in [5.41, 5.74) is 0.0677. The summed E-state index contributed by atoms with van der Waals surface area (Å²) >= 11 is 12.0. The maximum atomic E-state index is 5.98. The third-order valence-corrected chi connectivity index (χ3v) is 4.08. The fourth-order valence-electron chi connectivity index (χ4n) is 2.42. The number of halogens is 2. The fraction of sp³-hybridized carbons (Fsp3) is 1.00. The monoisotopic (exact) mass is 253 g/mol. The highest BCUT2D eigenvalue weighted by atomic mass is 35.5. The average Bonchev–Trinajstić information content (AvgIpc) is 2.51. The lowest BCUT2D eigenvalue weighted by Crippen LogP contribution is -2.39. The summed E-state index contributed by atoms with van der Waals surface area (Å²) in [5, 5.41) is 0. The largest absolute Gasteiger partial charge is 0.331 e. The molecular formula is C11H23Cl2N2+. The molecule has 0 N–H and O–H groups in total. The molecule has 0 atom stereocenters. The lowest BCUT2D eigenvalue weighted by atomic mass is 9.92. The minimum absolute atomic E-state index is 0.0677. The third-order valence-electron chi connectivity index (χ3n) is 3.36. The summed E-state index contributed by atoms with van der Waals surface area (Å²) in [4.78, 5) is 0. The summed E-state index contributed by atoms with van der Waals surface area (Å²) in [6.07, 6.45) is 7.14. The van der Waals surface area contributed by atoms with Gasteiger partial charge in [-0.25, -0.2) is 0 Å². The van der Waals surface area contributed by atoms with E-state index in [4.69, 9.17) is 23.6 Å².